The van der Waals surface area contributed by atoms with Gasteiger partial charge in [0.2, 0.25) is 0 Å². The summed E-state index contributed by atoms with van der Waals surface area (Å²) in [6, 6.07) is 6.19. The van der Waals surface area contributed by atoms with Gasteiger partial charge in [-0.15, -0.1) is 11.3 Å². The van der Waals surface area contributed by atoms with Crippen LogP contribution in [0.3, 0.4) is 0 Å². The summed E-state index contributed by atoms with van der Waals surface area (Å²) < 4.78 is 0. The van der Waals surface area contributed by atoms with E-state index in [-0.39, 0.29) is 21.3 Å². The number of benzene rings is 1. The first-order valence-electron chi connectivity index (χ1n) is 6.04. The number of rotatable bonds is 4. The summed E-state index contributed by atoms with van der Waals surface area (Å²) in [5, 5.41) is 12.0. The second-order valence-corrected chi connectivity index (χ2v) is 6.20. The molecule has 0 aliphatic rings. The Bertz CT molecular complexity index is 712. The van der Waals surface area contributed by atoms with E-state index in [9.17, 15) is 14.7 Å². The maximum atomic E-state index is 12.2. The zero-order chi connectivity index (χ0) is 15.6. The lowest BCUT2D eigenvalue weighted by atomic mass is 10.1. The highest BCUT2D eigenvalue weighted by Crippen LogP contribution is 2.31. The number of thiophene rings is 1. The van der Waals surface area contributed by atoms with Gasteiger partial charge in [0.1, 0.15) is 0 Å². The third kappa shape index (κ3) is 3.56. The van der Waals surface area contributed by atoms with Crippen LogP contribution in [0.5, 0.6) is 0 Å². The normalized spacial score (nSPS) is 10.4. The Hall–Kier alpha value is -1.56. The lowest BCUT2D eigenvalue weighted by Gasteiger charge is -2.10. The van der Waals surface area contributed by atoms with Crippen LogP contribution in [-0.4, -0.2) is 17.0 Å². The highest BCUT2D eigenvalue weighted by molar-refractivity contribution is 7.14. The van der Waals surface area contributed by atoms with E-state index < -0.39 is 11.9 Å². The molecule has 0 saturated carbocycles. The Morgan fingerprint density at radius 3 is 2.57 bits per heavy atom. The second kappa shape index (κ2) is 6.47. The van der Waals surface area contributed by atoms with Crippen LogP contribution in [-0.2, 0) is 6.42 Å². The van der Waals surface area contributed by atoms with Gasteiger partial charge in [0, 0.05) is 9.90 Å². The predicted molar refractivity (Wildman–Crippen MR) is 85.1 cm³/mol. The van der Waals surface area contributed by atoms with E-state index in [0.29, 0.717) is 4.88 Å². The van der Waals surface area contributed by atoms with Crippen LogP contribution in [0.25, 0.3) is 0 Å². The molecule has 0 bridgehead atoms. The number of carboxylic acids is 1. The van der Waals surface area contributed by atoms with Crippen molar-refractivity contribution in [3.05, 3.63) is 49.6 Å². The Kier molecular flexibility index (Phi) is 4.88. The van der Waals surface area contributed by atoms with Gasteiger partial charge in [0.25, 0.3) is 5.91 Å². The molecule has 21 heavy (non-hydrogen) atoms. The number of carbonyl (C=O) groups is 2. The highest BCUT2D eigenvalue weighted by Gasteiger charge is 2.18. The van der Waals surface area contributed by atoms with Gasteiger partial charge in [-0.05, 0) is 30.7 Å². The topological polar surface area (TPSA) is 66.4 Å². The molecular formula is C14H11Cl2NO3S. The van der Waals surface area contributed by atoms with Crippen molar-refractivity contribution in [2.24, 2.45) is 0 Å². The molecule has 1 heterocycles. The molecule has 2 N–H and O–H groups in total. The summed E-state index contributed by atoms with van der Waals surface area (Å²) in [5.41, 5.74) is -0.0989. The molecule has 0 saturated heterocycles. The van der Waals surface area contributed by atoms with Gasteiger partial charge in [-0.3, -0.25) is 4.79 Å². The fourth-order valence-electron chi connectivity index (χ4n) is 1.73. The van der Waals surface area contributed by atoms with Crippen LogP contribution in [0.1, 0.15) is 31.8 Å². The number of hydrogen-bond acceptors (Lipinski definition) is 3. The summed E-state index contributed by atoms with van der Waals surface area (Å²) in [5.74, 6) is -1.61. The van der Waals surface area contributed by atoms with Crippen LogP contribution < -0.4 is 5.32 Å². The maximum absolute atomic E-state index is 12.2. The second-order valence-electron chi connectivity index (χ2n) is 4.19. The molecule has 0 unspecified atom stereocenters. The van der Waals surface area contributed by atoms with Crippen LogP contribution >= 0.6 is 34.5 Å². The predicted octanol–water partition coefficient (Wildman–Crippen LogP) is 4.57. The first kappa shape index (κ1) is 15.8. The number of hydrogen-bond donors (Lipinski definition) is 2. The number of aromatic carboxylic acids is 1. The molecule has 7 heteroatoms. The van der Waals surface area contributed by atoms with Gasteiger partial charge in [0.15, 0.2) is 0 Å². The smallest absolute Gasteiger partial charge is 0.337 e. The third-order valence-corrected chi connectivity index (χ3v) is 4.50. The molecule has 2 rings (SSSR count). The van der Waals surface area contributed by atoms with Gasteiger partial charge in [-0.2, -0.15) is 0 Å². The van der Waals surface area contributed by atoms with Crippen LogP contribution in [0.2, 0.25) is 10.0 Å². The molecule has 0 spiro atoms. The summed E-state index contributed by atoms with van der Waals surface area (Å²) in [4.78, 5) is 25.0. The van der Waals surface area contributed by atoms with Crippen molar-refractivity contribution in [3.63, 3.8) is 0 Å². The van der Waals surface area contributed by atoms with Gasteiger partial charge in [-0.1, -0.05) is 30.1 Å². The lowest BCUT2D eigenvalue weighted by molar-refractivity contribution is 0.0698. The molecule has 0 atom stereocenters. The summed E-state index contributed by atoms with van der Waals surface area (Å²) in [7, 11) is 0. The Morgan fingerprint density at radius 2 is 2.00 bits per heavy atom. The average molecular weight is 344 g/mol. The van der Waals surface area contributed by atoms with E-state index in [0.717, 1.165) is 11.3 Å². The van der Waals surface area contributed by atoms with E-state index in [1.165, 1.54) is 23.5 Å². The molecular weight excluding hydrogens is 333 g/mol. The van der Waals surface area contributed by atoms with E-state index >= 15 is 0 Å². The molecule has 0 aliphatic heterocycles. The third-order valence-electron chi connectivity index (χ3n) is 2.76. The average Bonchev–Trinajstić information content (AvgIpc) is 2.90. The molecule has 110 valence electrons. The van der Waals surface area contributed by atoms with E-state index in [2.05, 4.69) is 5.32 Å². The van der Waals surface area contributed by atoms with Gasteiger partial charge < -0.3 is 10.4 Å². The number of halogens is 2. The van der Waals surface area contributed by atoms with Gasteiger partial charge in [-0.25, -0.2) is 4.79 Å². The number of carbonyl (C=O) groups excluding carboxylic acids is 1. The zero-order valence-corrected chi connectivity index (χ0v) is 13.3. The van der Waals surface area contributed by atoms with Crippen molar-refractivity contribution in [1.29, 1.82) is 0 Å². The maximum Gasteiger partial charge on any atom is 0.337 e. The van der Waals surface area contributed by atoms with Gasteiger partial charge >= 0.3 is 5.97 Å². The minimum atomic E-state index is -1.21. The Balaban J connectivity index is 2.34. The first-order chi connectivity index (χ1) is 9.92. The Morgan fingerprint density at radius 1 is 1.29 bits per heavy atom. The molecule has 1 aromatic heterocycles. The summed E-state index contributed by atoms with van der Waals surface area (Å²) in [6.45, 7) is 1.99. The van der Waals surface area contributed by atoms with Crippen molar-refractivity contribution < 1.29 is 14.7 Å². The summed E-state index contributed by atoms with van der Waals surface area (Å²) in [6.07, 6.45) is 0.833. The van der Waals surface area contributed by atoms with Crippen molar-refractivity contribution >= 4 is 52.1 Å². The van der Waals surface area contributed by atoms with Crippen molar-refractivity contribution in [2.75, 3.05) is 5.32 Å². The SMILES string of the molecule is CCc1ccc(C(=O)Nc2c(Cl)cc(Cl)cc2C(=O)O)s1. The largest absolute Gasteiger partial charge is 0.478 e. The minimum absolute atomic E-state index is 0.0463. The van der Waals surface area contributed by atoms with E-state index in [4.69, 9.17) is 23.2 Å². The van der Waals surface area contributed by atoms with Crippen molar-refractivity contribution in [2.45, 2.75) is 13.3 Å². The Labute approximate surface area is 135 Å². The number of amides is 1. The van der Waals surface area contributed by atoms with Gasteiger partial charge in [0.05, 0.1) is 21.2 Å². The number of anilines is 1. The molecule has 0 aliphatic carbocycles. The number of carboxylic acid groups (broad SMARTS) is 1. The molecule has 0 radical (unpaired) electrons. The number of nitrogens with one attached hydrogen (secondary N) is 1. The monoisotopic (exact) mass is 343 g/mol. The standard InChI is InChI=1S/C14H11Cl2NO3S/c1-2-8-3-4-11(21-8)13(18)17-12-9(14(19)20)5-7(15)6-10(12)16/h3-6H,2H2,1H3,(H,17,18)(H,19,20). The molecule has 0 fully saturated rings. The molecule has 1 amide bonds. The fraction of sp³-hybridized carbons (Fsp3) is 0.143. The summed E-state index contributed by atoms with van der Waals surface area (Å²) >= 11 is 13.1. The van der Waals surface area contributed by atoms with Crippen LogP contribution in [0.15, 0.2) is 24.3 Å². The van der Waals surface area contributed by atoms with E-state index in [1.807, 2.05) is 13.0 Å². The fourth-order valence-corrected chi connectivity index (χ4v) is 3.12. The van der Waals surface area contributed by atoms with Crippen molar-refractivity contribution in [1.82, 2.24) is 0 Å². The number of aryl methyl sites for hydroxylation is 1. The molecule has 1 aromatic carbocycles. The first-order valence-corrected chi connectivity index (χ1v) is 7.62. The minimum Gasteiger partial charge on any atom is -0.478 e. The van der Waals surface area contributed by atoms with E-state index in [1.54, 1.807) is 6.07 Å². The quantitative estimate of drug-likeness (QED) is 0.854. The van der Waals surface area contributed by atoms with Crippen LogP contribution in [0.4, 0.5) is 5.69 Å². The molecule has 4 nitrogen and oxygen atoms in total. The molecule has 2 aromatic rings. The van der Waals surface area contributed by atoms with Crippen molar-refractivity contribution in [3.8, 4) is 0 Å². The lowest BCUT2D eigenvalue weighted by Crippen LogP contribution is -2.14. The van der Waals surface area contributed by atoms with Crippen LogP contribution in [0, 0.1) is 0 Å². The highest BCUT2D eigenvalue weighted by atomic mass is 35.5. The zero-order valence-electron chi connectivity index (χ0n) is 10.9.